The van der Waals surface area contributed by atoms with E-state index in [0.717, 1.165) is 6.07 Å². The minimum Gasteiger partial charge on any atom is -0.508 e. The van der Waals surface area contributed by atoms with Gasteiger partial charge in [0.05, 0.1) is 12.7 Å². The lowest BCUT2D eigenvalue weighted by Crippen LogP contribution is -2.64. The van der Waals surface area contributed by atoms with Gasteiger partial charge in [0.1, 0.15) is 70.6 Å². The summed E-state index contributed by atoms with van der Waals surface area (Å²) in [6, 6.07) is 9.38. The average molecular weight is 579 g/mol. The van der Waals surface area contributed by atoms with Crippen molar-refractivity contribution in [3.63, 3.8) is 0 Å². The minimum atomic E-state index is -1.76. The van der Waals surface area contributed by atoms with E-state index in [0.29, 0.717) is 5.56 Å². The molecule has 2 aliphatic heterocycles. The van der Waals surface area contributed by atoms with Crippen LogP contribution >= 0.6 is 0 Å². The molecule has 0 radical (unpaired) electrons. The highest BCUT2D eigenvalue weighted by Crippen LogP contribution is 2.35. The fourth-order valence-corrected chi connectivity index (χ4v) is 4.79. The van der Waals surface area contributed by atoms with Crippen LogP contribution in [-0.4, -0.2) is 109 Å². The van der Waals surface area contributed by atoms with Crippen LogP contribution < -0.4 is 10.2 Å². The van der Waals surface area contributed by atoms with Gasteiger partial charge in [-0.25, -0.2) is 0 Å². The number of phenols is 2. The first-order chi connectivity index (χ1) is 19.5. The predicted octanol–water partition coefficient (Wildman–Crippen LogP) is -1.10. The van der Waals surface area contributed by atoms with E-state index in [9.17, 15) is 45.6 Å². The Hall–Kier alpha value is -3.31. The molecule has 3 heterocycles. The third-order valence-electron chi connectivity index (χ3n) is 7.11. The topological polar surface area (TPSA) is 229 Å². The van der Waals surface area contributed by atoms with Gasteiger partial charge in [-0.2, -0.15) is 0 Å². The zero-order chi connectivity index (χ0) is 29.6. The number of aromatic hydroxyl groups is 2. The second-order valence-electron chi connectivity index (χ2n) is 9.94. The molecular formula is C27H30O14. The Bertz CT molecular complexity index is 1420. The van der Waals surface area contributed by atoms with Crippen LogP contribution in [0.3, 0.4) is 0 Å². The van der Waals surface area contributed by atoms with Gasteiger partial charge in [0.2, 0.25) is 6.29 Å². The van der Waals surface area contributed by atoms with Gasteiger partial charge in [-0.3, -0.25) is 4.79 Å². The third-order valence-corrected chi connectivity index (χ3v) is 7.11. The van der Waals surface area contributed by atoms with Crippen molar-refractivity contribution >= 4 is 11.0 Å². The molecule has 14 heteroatoms. The van der Waals surface area contributed by atoms with Gasteiger partial charge in [-0.05, 0) is 31.2 Å². The van der Waals surface area contributed by atoms with Crippen molar-refractivity contribution in [3.8, 4) is 28.6 Å². The molecule has 0 aliphatic carbocycles. The number of aliphatic hydroxyl groups excluding tert-OH is 6. The Labute approximate surface area is 231 Å². The molecule has 0 spiro atoms. The molecule has 0 amide bonds. The number of phenolic OH excluding ortho intramolecular Hbond substituents is 2. The van der Waals surface area contributed by atoms with Crippen LogP contribution in [0, 0.1) is 0 Å². The zero-order valence-electron chi connectivity index (χ0n) is 21.5. The number of benzene rings is 2. The lowest BCUT2D eigenvalue weighted by atomic mass is 9.97. The lowest BCUT2D eigenvalue weighted by molar-refractivity contribution is -0.354. The SMILES string of the molecule is CC1O[C@@H](OC2C(O)[C@H](O)C(CO)O[C@H]2Oc2cc(O)c3c(=O)cc(-c4ccc(O)cc4)oc3c2)C(O)C(O)[C@@H]1O. The Kier molecular flexibility index (Phi) is 8.20. The summed E-state index contributed by atoms with van der Waals surface area (Å²) in [5, 5.41) is 81.4. The summed E-state index contributed by atoms with van der Waals surface area (Å²) < 4.78 is 28.4. The predicted molar refractivity (Wildman–Crippen MR) is 137 cm³/mol. The Balaban J connectivity index is 1.47. The van der Waals surface area contributed by atoms with Crippen LogP contribution in [0.5, 0.6) is 17.2 Å². The molecule has 2 saturated heterocycles. The van der Waals surface area contributed by atoms with E-state index in [1.54, 1.807) is 0 Å². The quantitative estimate of drug-likeness (QED) is 0.174. The molecule has 8 N–H and O–H groups in total. The zero-order valence-corrected chi connectivity index (χ0v) is 21.5. The molecule has 0 saturated carbocycles. The van der Waals surface area contributed by atoms with Gasteiger partial charge in [0.25, 0.3) is 0 Å². The molecule has 6 unspecified atom stereocenters. The van der Waals surface area contributed by atoms with Crippen molar-refractivity contribution in [2.45, 2.75) is 68.3 Å². The van der Waals surface area contributed by atoms with E-state index in [2.05, 4.69) is 0 Å². The molecule has 0 bridgehead atoms. The fourth-order valence-electron chi connectivity index (χ4n) is 4.79. The normalized spacial score (nSPS) is 34.0. The van der Waals surface area contributed by atoms with Crippen molar-refractivity contribution in [2.75, 3.05) is 6.61 Å². The molecule has 3 aromatic rings. The molecule has 222 valence electrons. The highest BCUT2D eigenvalue weighted by Gasteiger charge is 2.50. The summed E-state index contributed by atoms with van der Waals surface area (Å²) in [7, 11) is 0. The molecule has 1 aromatic heterocycles. The first-order valence-electron chi connectivity index (χ1n) is 12.7. The van der Waals surface area contributed by atoms with Crippen LogP contribution in [0.15, 0.2) is 51.7 Å². The summed E-state index contributed by atoms with van der Waals surface area (Å²) in [6.07, 6.45) is -15.3. The summed E-state index contributed by atoms with van der Waals surface area (Å²) in [5.74, 6) is -0.498. The van der Waals surface area contributed by atoms with Crippen LogP contribution in [0.1, 0.15) is 6.92 Å². The second-order valence-corrected chi connectivity index (χ2v) is 9.94. The van der Waals surface area contributed by atoms with E-state index in [1.165, 1.54) is 43.3 Å². The highest BCUT2D eigenvalue weighted by molar-refractivity contribution is 5.86. The molecule has 41 heavy (non-hydrogen) atoms. The highest BCUT2D eigenvalue weighted by atomic mass is 16.8. The molecule has 2 aromatic carbocycles. The molecular weight excluding hydrogens is 548 g/mol. The monoisotopic (exact) mass is 578 g/mol. The van der Waals surface area contributed by atoms with E-state index in [-0.39, 0.29) is 28.2 Å². The molecule has 14 nitrogen and oxygen atoms in total. The number of hydrogen-bond acceptors (Lipinski definition) is 14. The van der Waals surface area contributed by atoms with E-state index >= 15 is 0 Å². The number of aliphatic hydroxyl groups is 6. The van der Waals surface area contributed by atoms with Gasteiger partial charge in [0, 0.05) is 23.8 Å². The first-order valence-corrected chi connectivity index (χ1v) is 12.7. The number of ether oxygens (including phenoxy) is 4. The number of rotatable bonds is 6. The summed E-state index contributed by atoms with van der Waals surface area (Å²) in [5.41, 5.74) is -0.182. The summed E-state index contributed by atoms with van der Waals surface area (Å²) in [4.78, 5) is 12.8. The third kappa shape index (κ3) is 5.61. The van der Waals surface area contributed by atoms with E-state index < -0.39 is 79.2 Å². The van der Waals surface area contributed by atoms with Crippen molar-refractivity contribution < 1.29 is 64.2 Å². The summed E-state index contributed by atoms with van der Waals surface area (Å²) >= 11 is 0. The van der Waals surface area contributed by atoms with Crippen molar-refractivity contribution in [2.24, 2.45) is 0 Å². The standard InChI is InChI=1S/C27H30O14/c1-10-20(32)22(34)24(36)26(37-10)41-25-23(35)21(33)18(9-28)40-27(25)38-13-6-14(30)19-15(31)8-16(39-17(19)7-13)11-2-4-12(29)5-3-11/h2-8,10,18,20-30,32-36H,9H2,1H3/t10?,18?,20-,21-,22?,23?,24?,25?,26+,27-/m1/s1. The number of hydrogen-bond donors (Lipinski definition) is 8. The summed E-state index contributed by atoms with van der Waals surface area (Å²) in [6.45, 7) is 0.704. The first kappa shape index (κ1) is 29.2. The van der Waals surface area contributed by atoms with Crippen LogP contribution in [0.25, 0.3) is 22.3 Å². The smallest absolute Gasteiger partial charge is 0.229 e. The van der Waals surface area contributed by atoms with Gasteiger partial charge < -0.3 is 64.2 Å². The van der Waals surface area contributed by atoms with Crippen molar-refractivity contribution in [3.05, 3.63) is 52.7 Å². The second kappa shape index (κ2) is 11.5. The van der Waals surface area contributed by atoms with Crippen molar-refractivity contribution in [1.82, 2.24) is 0 Å². The maximum atomic E-state index is 12.8. The fraction of sp³-hybridized carbons (Fsp3) is 0.444. The Morgan fingerprint density at radius 2 is 1.54 bits per heavy atom. The Morgan fingerprint density at radius 3 is 2.22 bits per heavy atom. The van der Waals surface area contributed by atoms with Gasteiger partial charge in [0.15, 0.2) is 17.8 Å². The molecule has 2 aliphatic rings. The largest absolute Gasteiger partial charge is 0.508 e. The molecule has 5 rings (SSSR count). The van der Waals surface area contributed by atoms with Gasteiger partial charge in [-0.1, -0.05) is 0 Å². The minimum absolute atomic E-state index is 0.00857. The Morgan fingerprint density at radius 1 is 0.829 bits per heavy atom. The number of fused-ring (bicyclic) bond motifs is 1. The van der Waals surface area contributed by atoms with Crippen LogP contribution in [0.4, 0.5) is 0 Å². The maximum Gasteiger partial charge on any atom is 0.229 e. The van der Waals surface area contributed by atoms with Gasteiger partial charge >= 0.3 is 0 Å². The average Bonchev–Trinajstić information content (AvgIpc) is 2.94. The van der Waals surface area contributed by atoms with Gasteiger partial charge in [-0.15, -0.1) is 0 Å². The lowest BCUT2D eigenvalue weighted by Gasteiger charge is -2.45. The van der Waals surface area contributed by atoms with Crippen LogP contribution in [0.2, 0.25) is 0 Å². The maximum absolute atomic E-state index is 12.8. The van der Waals surface area contributed by atoms with Crippen molar-refractivity contribution in [1.29, 1.82) is 0 Å². The van der Waals surface area contributed by atoms with Crippen LogP contribution in [-0.2, 0) is 14.2 Å². The van der Waals surface area contributed by atoms with E-state index in [1.807, 2.05) is 0 Å². The van der Waals surface area contributed by atoms with E-state index in [4.69, 9.17) is 23.4 Å². The molecule has 2 fully saturated rings. The molecule has 10 atom stereocenters.